The van der Waals surface area contributed by atoms with Crippen LogP contribution in [0.5, 0.6) is 11.5 Å². The number of aromatic hydroxyl groups is 2. The number of methoxy groups -OCH3 is 2. The van der Waals surface area contributed by atoms with E-state index in [1.54, 1.807) is 12.1 Å². The molecule has 0 fully saturated rings. The minimum Gasteiger partial charge on any atom is -0.507 e. The number of benzene rings is 4. The van der Waals surface area contributed by atoms with E-state index >= 15 is 0 Å². The molecule has 6 nitrogen and oxygen atoms in total. The number of esters is 2. The van der Waals surface area contributed by atoms with Crippen molar-refractivity contribution in [2.75, 3.05) is 25.7 Å². The maximum atomic E-state index is 11.5. The molecule has 4 aromatic carbocycles. The SMILES string of the molecule is C#Cc1ccc2c(c1)C(C)(C)CCS2.COC(=O)c1ccc(C#Cc2ccc3c(c2)C(C)(C)CCS3)cc1O.COC(=O)c1ccc(I)cc1O. The summed E-state index contributed by atoms with van der Waals surface area (Å²) in [5.74, 6) is 10.0. The first-order chi connectivity index (χ1) is 24.2. The molecule has 9 heteroatoms. The molecule has 51 heavy (non-hydrogen) atoms. The lowest BCUT2D eigenvalue weighted by molar-refractivity contribution is 0.0588. The number of rotatable bonds is 2. The van der Waals surface area contributed by atoms with Gasteiger partial charge in [-0.05, 0) is 142 Å². The van der Waals surface area contributed by atoms with E-state index in [0.717, 1.165) is 26.9 Å². The molecule has 0 aliphatic carbocycles. The number of phenolic OH excluding ortho intramolecular Hbond substituents is 2. The standard InChI is InChI=1S/C21H20O3S.C13H14S.C8H7IO3/c1-21(2)10-11-25-19-9-7-14(12-17(19)21)4-5-15-6-8-16(18(22)13-15)20(23)24-3;1-4-10-5-6-12-11(9-10)13(2,3)7-8-14-12;1-12-8(11)6-3-2-5(9)4-7(6)10/h6-9,12-13,22H,10-11H2,1-3H3;1,5-6,9H,7-8H2,2-3H3;2-4,10H,1H3. The van der Waals surface area contributed by atoms with Crippen molar-refractivity contribution in [3.63, 3.8) is 0 Å². The first kappa shape index (κ1) is 39.8. The van der Waals surface area contributed by atoms with Crippen LogP contribution in [0.25, 0.3) is 0 Å². The second-order valence-corrected chi connectivity index (χ2v) is 16.7. The molecule has 0 atom stereocenters. The number of hydrogen-bond acceptors (Lipinski definition) is 8. The molecule has 2 N–H and O–H groups in total. The van der Waals surface area contributed by atoms with E-state index < -0.39 is 11.9 Å². The number of phenols is 2. The van der Waals surface area contributed by atoms with E-state index in [-0.39, 0.29) is 33.5 Å². The summed E-state index contributed by atoms with van der Waals surface area (Å²) in [5, 5.41) is 19.2. The third-order valence-electron chi connectivity index (χ3n) is 8.67. The Morgan fingerprint density at radius 2 is 1.12 bits per heavy atom. The predicted octanol–water partition coefficient (Wildman–Crippen LogP) is 9.58. The first-order valence-electron chi connectivity index (χ1n) is 16.2. The van der Waals surface area contributed by atoms with Crippen molar-refractivity contribution in [3.05, 3.63) is 115 Å². The van der Waals surface area contributed by atoms with Crippen LogP contribution in [0.15, 0.2) is 82.6 Å². The van der Waals surface area contributed by atoms with Gasteiger partial charge >= 0.3 is 11.9 Å². The fourth-order valence-corrected chi connectivity index (χ4v) is 8.91. The van der Waals surface area contributed by atoms with Crippen molar-refractivity contribution in [2.45, 2.75) is 61.2 Å². The lowest BCUT2D eigenvalue weighted by atomic mass is 9.81. The Balaban J connectivity index is 0.000000189. The average molecular weight is 833 g/mol. The average Bonchev–Trinajstić information content (AvgIpc) is 3.10. The molecular weight excluding hydrogens is 791 g/mol. The van der Waals surface area contributed by atoms with Crippen LogP contribution in [0.3, 0.4) is 0 Å². The normalized spacial score (nSPS) is 14.5. The smallest absolute Gasteiger partial charge is 0.341 e. The van der Waals surface area contributed by atoms with Crippen LogP contribution in [0.2, 0.25) is 0 Å². The number of hydrogen-bond donors (Lipinski definition) is 2. The van der Waals surface area contributed by atoms with Crippen LogP contribution in [-0.4, -0.2) is 47.9 Å². The maximum absolute atomic E-state index is 11.5. The Morgan fingerprint density at radius 1 is 0.686 bits per heavy atom. The number of ether oxygens (including phenoxy) is 2. The van der Waals surface area contributed by atoms with Crippen molar-refractivity contribution < 1.29 is 29.3 Å². The monoisotopic (exact) mass is 832 g/mol. The van der Waals surface area contributed by atoms with Crippen molar-refractivity contribution in [3.8, 4) is 35.7 Å². The zero-order chi connectivity index (χ0) is 37.3. The van der Waals surface area contributed by atoms with E-state index in [9.17, 15) is 19.8 Å². The Bertz CT molecular complexity index is 2030. The second-order valence-electron chi connectivity index (χ2n) is 13.2. The zero-order valence-corrected chi connectivity index (χ0v) is 33.3. The Morgan fingerprint density at radius 3 is 1.59 bits per heavy atom. The maximum Gasteiger partial charge on any atom is 0.341 e. The molecule has 0 aromatic heterocycles. The molecule has 0 amide bonds. The fraction of sp³-hybridized carbons (Fsp3) is 0.286. The number of carbonyl (C=O) groups excluding carboxylic acids is 2. The van der Waals surface area contributed by atoms with Gasteiger partial charge in [0, 0.05) is 30.1 Å². The van der Waals surface area contributed by atoms with Gasteiger partial charge in [-0.25, -0.2) is 9.59 Å². The molecular formula is C42H41IO6S2. The minimum absolute atomic E-state index is 0.0475. The Labute approximate surface area is 323 Å². The van der Waals surface area contributed by atoms with Gasteiger partial charge in [-0.1, -0.05) is 45.5 Å². The molecule has 2 heterocycles. The van der Waals surface area contributed by atoms with Gasteiger partial charge in [0.25, 0.3) is 0 Å². The van der Waals surface area contributed by atoms with E-state index in [0.29, 0.717) is 5.56 Å². The highest BCUT2D eigenvalue weighted by Gasteiger charge is 2.28. The van der Waals surface area contributed by atoms with Gasteiger partial charge in [0.05, 0.1) is 14.2 Å². The third-order valence-corrected chi connectivity index (χ3v) is 11.5. The Hall–Kier alpha value is -4.03. The van der Waals surface area contributed by atoms with E-state index in [1.165, 1.54) is 71.6 Å². The lowest BCUT2D eigenvalue weighted by Crippen LogP contribution is -2.22. The summed E-state index contributed by atoms with van der Waals surface area (Å²) in [6.45, 7) is 9.14. The molecule has 0 saturated heterocycles. The summed E-state index contributed by atoms with van der Waals surface area (Å²) >= 11 is 5.88. The lowest BCUT2D eigenvalue weighted by Gasteiger charge is -2.32. The van der Waals surface area contributed by atoms with Crippen molar-refractivity contribution in [1.82, 2.24) is 0 Å². The molecule has 0 unspecified atom stereocenters. The topological polar surface area (TPSA) is 93.1 Å². The van der Waals surface area contributed by atoms with Gasteiger partial charge in [-0.2, -0.15) is 0 Å². The van der Waals surface area contributed by atoms with Gasteiger partial charge < -0.3 is 19.7 Å². The molecule has 264 valence electrons. The fourth-order valence-electron chi connectivity index (χ4n) is 5.46. The van der Waals surface area contributed by atoms with Crippen LogP contribution in [0.1, 0.15) is 89.1 Å². The molecule has 0 radical (unpaired) electrons. The summed E-state index contributed by atoms with van der Waals surface area (Å²) in [7, 11) is 2.56. The molecule has 6 rings (SSSR count). The van der Waals surface area contributed by atoms with Crippen LogP contribution in [0.4, 0.5) is 0 Å². The van der Waals surface area contributed by atoms with Crippen molar-refractivity contribution >= 4 is 58.1 Å². The van der Waals surface area contributed by atoms with Gasteiger partial charge in [0.1, 0.15) is 22.6 Å². The molecule has 0 bridgehead atoms. The summed E-state index contributed by atoms with van der Waals surface area (Å²) in [6, 6.07) is 22.2. The Kier molecular flexibility index (Phi) is 13.6. The van der Waals surface area contributed by atoms with Gasteiger partial charge in [-0.15, -0.1) is 29.9 Å². The number of carbonyl (C=O) groups is 2. The van der Waals surface area contributed by atoms with Gasteiger partial charge in [0.2, 0.25) is 0 Å². The van der Waals surface area contributed by atoms with Gasteiger partial charge in [0.15, 0.2) is 0 Å². The van der Waals surface area contributed by atoms with Crippen molar-refractivity contribution in [1.29, 1.82) is 0 Å². The van der Waals surface area contributed by atoms with Crippen LogP contribution in [-0.2, 0) is 20.3 Å². The minimum atomic E-state index is -0.563. The number of thioether (sulfide) groups is 2. The van der Waals surface area contributed by atoms with Gasteiger partial charge in [-0.3, -0.25) is 0 Å². The number of terminal acetylenes is 1. The highest BCUT2D eigenvalue weighted by molar-refractivity contribution is 14.1. The van der Waals surface area contributed by atoms with E-state index in [2.05, 4.69) is 79.2 Å². The molecule has 0 spiro atoms. The van der Waals surface area contributed by atoms with Crippen LogP contribution < -0.4 is 0 Å². The summed E-state index contributed by atoms with van der Waals surface area (Å²) in [4.78, 5) is 25.2. The number of halogens is 1. The zero-order valence-electron chi connectivity index (χ0n) is 29.6. The number of fused-ring (bicyclic) bond motifs is 2. The highest BCUT2D eigenvalue weighted by Crippen LogP contribution is 2.42. The summed E-state index contributed by atoms with van der Waals surface area (Å²) in [5.41, 5.74) is 6.15. The predicted molar refractivity (Wildman–Crippen MR) is 215 cm³/mol. The van der Waals surface area contributed by atoms with E-state index in [4.69, 9.17) is 6.42 Å². The summed E-state index contributed by atoms with van der Waals surface area (Å²) in [6.07, 6.45) is 7.81. The molecule has 2 aliphatic heterocycles. The largest absolute Gasteiger partial charge is 0.507 e. The van der Waals surface area contributed by atoms with Crippen LogP contribution in [0, 0.1) is 27.8 Å². The van der Waals surface area contributed by atoms with E-state index in [1.807, 2.05) is 58.2 Å². The third kappa shape index (κ3) is 10.3. The summed E-state index contributed by atoms with van der Waals surface area (Å²) < 4.78 is 9.95. The first-order valence-corrected chi connectivity index (χ1v) is 19.3. The molecule has 2 aliphatic rings. The molecule has 0 saturated carbocycles. The molecule has 4 aromatic rings. The highest BCUT2D eigenvalue weighted by atomic mass is 127. The van der Waals surface area contributed by atoms with Crippen molar-refractivity contribution in [2.24, 2.45) is 0 Å². The van der Waals surface area contributed by atoms with Crippen LogP contribution >= 0.6 is 46.1 Å². The second kappa shape index (κ2) is 17.5. The quantitative estimate of drug-likeness (QED) is 0.117.